The number of likely N-dealkylation sites (tertiary alicyclic amines) is 2. The van der Waals surface area contributed by atoms with Gasteiger partial charge in [0.25, 0.3) is 5.91 Å². The molecule has 1 aromatic rings. The summed E-state index contributed by atoms with van der Waals surface area (Å²) in [6.07, 6.45) is 6.08. The van der Waals surface area contributed by atoms with E-state index in [1.54, 1.807) is 6.07 Å². The smallest absolute Gasteiger partial charge is 0.337 e. The van der Waals surface area contributed by atoms with E-state index in [4.69, 9.17) is 0 Å². The fourth-order valence-corrected chi connectivity index (χ4v) is 3.96. The first kappa shape index (κ1) is 19.1. The number of piperidine rings is 2. The average Bonchev–Trinajstić information content (AvgIpc) is 2.61. The molecule has 2 aliphatic heterocycles. The van der Waals surface area contributed by atoms with Crippen molar-refractivity contribution in [1.29, 1.82) is 0 Å². The molecule has 0 aromatic carbocycles. The van der Waals surface area contributed by atoms with Gasteiger partial charge in [0.05, 0.1) is 0 Å². The van der Waals surface area contributed by atoms with Crippen LogP contribution in [0.15, 0.2) is 10.9 Å². The Morgan fingerprint density at radius 3 is 2.42 bits per heavy atom. The zero-order valence-corrected chi connectivity index (χ0v) is 16.4. The molecule has 3 heterocycles. The molecule has 144 valence electrons. The molecule has 2 aliphatic rings. The predicted molar refractivity (Wildman–Crippen MR) is 102 cm³/mol. The van der Waals surface area contributed by atoms with E-state index in [0.717, 1.165) is 31.6 Å². The van der Waals surface area contributed by atoms with Crippen molar-refractivity contribution in [1.82, 2.24) is 19.8 Å². The van der Waals surface area contributed by atoms with Crippen molar-refractivity contribution >= 4 is 5.91 Å². The van der Waals surface area contributed by atoms with Gasteiger partial charge in [-0.05, 0) is 50.8 Å². The summed E-state index contributed by atoms with van der Waals surface area (Å²) in [5.41, 5.74) is 0.355. The molecule has 0 unspecified atom stereocenters. The minimum Gasteiger partial charge on any atom is -0.337 e. The third-order valence-corrected chi connectivity index (χ3v) is 5.64. The Morgan fingerprint density at radius 2 is 1.81 bits per heavy atom. The highest BCUT2D eigenvalue weighted by Crippen LogP contribution is 2.23. The fraction of sp³-hybridized carbons (Fsp3) is 0.750. The Hall–Kier alpha value is -1.69. The molecule has 0 radical (unpaired) electrons. The Kier molecular flexibility index (Phi) is 5.80. The summed E-state index contributed by atoms with van der Waals surface area (Å²) in [5.74, 6) is 0.562. The second-order valence-corrected chi connectivity index (χ2v) is 8.83. The van der Waals surface area contributed by atoms with E-state index < -0.39 is 5.69 Å². The van der Waals surface area contributed by atoms with Crippen LogP contribution in [0, 0.1) is 5.92 Å². The Balaban J connectivity index is 1.60. The molecular formula is C20H32N4O2. The summed E-state index contributed by atoms with van der Waals surface area (Å²) in [6.45, 7) is 11.2. The number of H-pyrrole nitrogens is 1. The molecule has 6 nitrogen and oxygen atoms in total. The average molecular weight is 361 g/mol. The quantitative estimate of drug-likeness (QED) is 0.899. The summed E-state index contributed by atoms with van der Waals surface area (Å²) in [5, 5.41) is 0. The normalized spacial score (nSPS) is 20.3. The molecule has 0 atom stereocenters. The standard InChI is InChI=1S/C20H32N4O2/c1-20(2,3)17-13-16(21-19(26)22-17)18(25)24-11-7-15(8-12-24)14-23-9-5-4-6-10-23/h13,15H,4-12,14H2,1-3H3,(H,21,22,26). The molecule has 3 rings (SSSR count). The van der Waals surface area contributed by atoms with Crippen LogP contribution in [0.25, 0.3) is 0 Å². The van der Waals surface area contributed by atoms with Gasteiger partial charge in [-0.25, -0.2) is 4.79 Å². The summed E-state index contributed by atoms with van der Waals surface area (Å²) >= 11 is 0. The van der Waals surface area contributed by atoms with Crippen molar-refractivity contribution in [3.05, 3.63) is 27.9 Å². The number of hydrogen-bond acceptors (Lipinski definition) is 4. The van der Waals surface area contributed by atoms with Gasteiger partial charge in [0.1, 0.15) is 5.69 Å². The van der Waals surface area contributed by atoms with Crippen LogP contribution in [-0.2, 0) is 5.41 Å². The maximum atomic E-state index is 12.8. The number of hydrogen-bond donors (Lipinski definition) is 1. The van der Waals surface area contributed by atoms with Crippen molar-refractivity contribution in [3.8, 4) is 0 Å². The van der Waals surface area contributed by atoms with Crippen molar-refractivity contribution in [2.75, 3.05) is 32.7 Å². The van der Waals surface area contributed by atoms with Gasteiger partial charge in [0, 0.05) is 30.7 Å². The number of nitrogens with zero attached hydrogens (tertiary/aromatic N) is 3. The van der Waals surface area contributed by atoms with Crippen LogP contribution in [0.5, 0.6) is 0 Å². The van der Waals surface area contributed by atoms with E-state index in [1.807, 2.05) is 25.7 Å². The Labute approximate surface area is 156 Å². The van der Waals surface area contributed by atoms with Crippen LogP contribution in [0.1, 0.15) is 69.1 Å². The molecule has 6 heteroatoms. The maximum absolute atomic E-state index is 12.8. The third-order valence-electron chi connectivity index (χ3n) is 5.64. The van der Waals surface area contributed by atoms with Gasteiger partial charge in [-0.1, -0.05) is 27.2 Å². The third kappa shape index (κ3) is 4.72. The maximum Gasteiger partial charge on any atom is 0.345 e. The highest BCUT2D eigenvalue weighted by Gasteiger charge is 2.27. The zero-order chi connectivity index (χ0) is 18.7. The van der Waals surface area contributed by atoms with E-state index in [1.165, 1.54) is 38.9 Å². The number of amides is 1. The van der Waals surface area contributed by atoms with Gasteiger partial charge in [-0.2, -0.15) is 4.98 Å². The lowest BCUT2D eigenvalue weighted by atomic mass is 9.91. The van der Waals surface area contributed by atoms with Crippen molar-refractivity contribution in [2.24, 2.45) is 5.92 Å². The van der Waals surface area contributed by atoms with Crippen LogP contribution in [0.2, 0.25) is 0 Å². The van der Waals surface area contributed by atoms with E-state index in [2.05, 4.69) is 14.9 Å². The summed E-state index contributed by atoms with van der Waals surface area (Å²) in [4.78, 5) is 35.8. The first-order chi connectivity index (χ1) is 12.3. The summed E-state index contributed by atoms with van der Waals surface area (Å²) in [7, 11) is 0. The van der Waals surface area contributed by atoms with Crippen LogP contribution in [0.3, 0.4) is 0 Å². The number of rotatable bonds is 3. The highest BCUT2D eigenvalue weighted by molar-refractivity contribution is 5.92. The Morgan fingerprint density at radius 1 is 1.15 bits per heavy atom. The molecule has 0 bridgehead atoms. The monoisotopic (exact) mass is 360 g/mol. The fourth-order valence-electron chi connectivity index (χ4n) is 3.96. The van der Waals surface area contributed by atoms with Gasteiger partial charge in [-0.3, -0.25) is 4.79 Å². The van der Waals surface area contributed by atoms with Gasteiger partial charge in [-0.15, -0.1) is 0 Å². The van der Waals surface area contributed by atoms with Crippen LogP contribution < -0.4 is 5.69 Å². The Bertz CT molecular complexity index is 678. The van der Waals surface area contributed by atoms with Crippen LogP contribution >= 0.6 is 0 Å². The first-order valence-corrected chi connectivity index (χ1v) is 9.96. The largest absolute Gasteiger partial charge is 0.345 e. The topological polar surface area (TPSA) is 69.3 Å². The lowest BCUT2D eigenvalue weighted by Gasteiger charge is -2.36. The van der Waals surface area contributed by atoms with E-state index in [0.29, 0.717) is 5.92 Å². The zero-order valence-electron chi connectivity index (χ0n) is 16.4. The minimum absolute atomic E-state index is 0.113. The number of carbonyl (C=O) groups excluding carboxylic acids is 1. The summed E-state index contributed by atoms with van der Waals surface area (Å²) in [6, 6.07) is 1.74. The molecule has 0 spiro atoms. The molecule has 1 N–H and O–H groups in total. The molecule has 0 saturated carbocycles. The lowest BCUT2D eigenvalue weighted by molar-refractivity contribution is 0.0654. The second-order valence-electron chi connectivity index (χ2n) is 8.83. The molecule has 2 fully saturated rings. The number of aromatic amines is 1. The van der Waals surface area contributed by atoms with Gasteiger partial charge < -0.3 is 14.8 Å². The van der Waals surface area contributed by atoms with E-state index in [-0.39, 0.29) is 17.0 Å². The highest BCUT2D eigenvalue weighted by atomic mass is 16.2. The van der Waals surface area contributed by atoms with Crippen LogP contribution in [0.4, 0.5) is 0 Å². The number of nitrogens with one attached hydrogen (secondary N) is 1. The molecule has 2 saturated heterocycles. The molecular weight excluding hydrogens is 328 g/mol. The first-order valence-electron chi connectivity index (χ1n) is 9.96. The van der Waals surface area contributed by atoms with Gasteiger partial charge >= 0.3 is 5.69 Å². The molecule has 1 aromatic heterocycles. The van der Waals surface area contributed by atoms with Crippen molar-refractivity contribution in [2.45, 2.75) is 58.3 Å². The number of aromatic nitrogens is 2. The van der Waals surface area contributed by atoms with Gasteiger partial charge in [0.2, 0.25) is 0 Å². The van der Waals surface area contributed by atoms with Crippen molar-refractivity contribution < 1.29 is 4.79 Å². The SMILES string of the molecule is CC(C)(C)c1cc(C(=O)N2CCC(CN3CCCCC3)CC2)nc(=O)[nH]1. The lowest BCUT2D eigenvalue weighted by Crippen LogP contribution is -2.43. The number of carbonyl (C=O) groups is 1. The summed E-state index contributed by atoms with van der Waals surface area (Å²) < 4.78 is 0. The predicted octanol–water partition coefficient (Wildman–Crippen LogP) is 2.41. The molecule has 0 aliphatic carbocycles. The molecule has 26 heavy (non-hydrogen) atoms. The van der Waals surface area contributed by atoms with E-state index in [9.17, 15) is 9.59 Å². The van der Waals surface area contributed by atoms with Crippen LogP contribution in [-0.4, -0.2) is 58.4 Å². The van der Waals surface area contributed by atoms with Gasteiger partial charge in [0.15, 0.2) is 0 Å². The van der Waals surface area contributed by atoms with E-state index >= 15 is 0 Å². The minimum atomic E-state index is -0.444. The van der Waals surface area contributed by atoms with Crippen molar-refractivity contribution in [3.63, 3.8) is 0 Å². The second kappa shape index (κ2) is 7.91. The molecule has 1 amide bonds.